The average molecular weight is 559 g/mol. The Balaban J connectivity index is 0.000000292. The lowest BCUT2D eigenvalue weighted by Gasteiger charge is -2.11. The Morgan fingerprint density at radius 1 is 0.558 bits per heavy atom. The van der Waals surface area contributed by atoms with Crippen molar-refractivity contribution in [3.8, 4) is 11.4 Å². The smallest absolute Gasteiger partial charge is 0.0548 e. The fourth-order valence-electron chi connectivity index (χ4n) is 6.84. The van der Waals surface area contributed by atoms with Crippen molar-refractivity contribution < 1.29 is 0 Å². The molecule has 1 fully saturated rings. The van der Waals surface area contributed by atoms with Gasteiger partial charge in [0, 0.05) is 27.5 Å². The predicted octanol–water partition coefficient (Wildman–Crippen LogP) is 11.2. The highest BCUT2D eigenvalue weighted by Crippen LogP contribution is 2.57. The summed E-state index contributed by atoms with van der Waals surface area (Å²) < 4.78 is 4.93. The minimum atomic E-state index is 0.638. The standard InChI is InChI=1S/C32H24N2.C7H8.C2H6/c1-20-8-7-11-23(18-20)34-26-13-6-5-12-24(26)30-28(34)16-17-29-32(30)31-25-19-21(25)14-15-27(31)33(29)22-9-3-2-4-10-22;1-7-5-3-2-4-6-7;1-2/h2-18,21,25H,19H2,1H3;2-6H,1H3;1-2H3. The van der Waals surface area contributed by atoms with Gasteiger partial charge in [0.05, 0.1) is 22.2 Å². The summed E-state index contributed by atoms with van der Waals surface area (Å²) in [6.07, 6.45) is 6.07. The summed E-state index contributed by atoms with van der Waals surface area (Å²) in [5, 5.41) is 4.17. The molecule has 1 saturated carbocycles. The molecule has 2 aliphatic carbocycles. The van der Waals surface area contributed by atoms with Crippen LogP contribution in [0.4, 0.5) is 0 Å². The van der Waals surface area contributed by atoms with Gasteiger partial charge in [0.15, 0.2) is 0 Å². The summed E-state index contributed by atoms with van der Waals surface area (Å²) in [4.78, 5) is 0. The van der Waals surface area contributed by atoms with E-state index in [9.17, 15) is 0 Å². The third-order valence-electron chi connectivity index (χ3n) is 8.77. The van der Waals surface area contributed by atoms with Crippen LogP contribution in [0, 0.1) is 19.8 Å². The molecule has 2 heterocycles. The first-order valence-electron chi connectivity index (χ1n) is 15.6. The van der Waals surface area contributed by atoms with E-state index in [0.717, 1.165) is 0 Å². The Kier molecular flexibility index (Phi) is 6.99. The van der Waals surface area contributed by atoms with E-state index in [1.54, 1.807) is 5.56 Å². The topological polar surface area (TPSA) is 9.86 Å². The summed E-state index contributed by atoms with van der Waals surface area (Å²) in [5.74, 6) is 1.34. The molecule has 0 saturated heterocycles. The summed E-state index contributed by atoms with van der Waals surface area (Å²) >= 11 is 0. The van der Waals surface area contributed by atoms with Crippen molar-refractivity contribution in [3.05, 3.63) is 150 Å². The molecule has 2 nitrogen and oxygen atoms in total. The van der Waals surface area contributed by atoms with Crippen LogP contribution < -0.4 is 0 Å². The fourth-order valence-corrected chi connectivity index (χ4v) is 6.84. The molecule has 0 amide bonds. The second-order valence-corrected chi connectivity index (χ2v) is 11.5. The zero-order chi connectivity index (χ0) is 29.5. The van der Waals surface area contributed by atoms with Crippen molar-refractivity contribution in [2.75, 3.05) is 0 Å². The van der Waals surface area contributed by atoms with Crippen molar-refractivity contribution in [2.45, 2.75) is 40.0 Å². The monoisotopic (exact) mass is 558 g/mol. The summed E-state index contributed by atoms with van der Waals surface area (Å²) in [5.41, 5.74) is 11.8. The van der Waals surface area contributed by atoms with Crippen molar-refractivity contribution >= 4 is 38.8 Å². The third kappa shape index (κ3) is 4.58. The molecule has 43 heavy (non-hydrogen) atoms. The van der Waals surface area contributed by atoms with Crippen LogP contribution in [0.5, 0.6) is 0 Å². The number of hydrogen-bond donors (Lipinski definition) is 0. The zero-order valence-corrected chi connectivity index (χ0v) is 25.5. The van der Waals surface area contributed by atoms with Gasteiger partial charge >= 0.3 is 0 Å². The Morgan fingerprint density at radius 2 is 1.19 bits per heavy atom. The van der Waals surface area contributed by atoms with Gasteiger partial charge in [0.25, 0.3) is 0 Å². The molecule has 9 rings (SSSR count). The Labute approximate surface area is 254 Å². The number of benzene rings is 5. The summed E-state index contributed by atoms with van der Waals surface area (Å²) in [6.45, 7) is 8.26. The molecular weight excluding hydrogens is 520 g/mol. The van der Waals surface area contributed by atoms with Gasteiger partial charge in [-0.15, -0.1) is 0 Å². The van der Waals surface area contributed by atoms with Crippen LogP contribution in [0.15, 0.2) is 127 Å². The molecule has 0 aliphatic heterocycles. The number of aromatic nitrogens is 2. The molecular formula is C41H38N2. The Morgan fingerprint density at radius 3 is 1.88 bits per heavy atom. The molecule has 2 aromatic heterocycles. The van der Waals surface area contributed by atoms with Crippen LogP contribution >= 0.6 is 0 Å². The number of nitrogens with zero attached hydrogens (tertiary/aromatic N) is 2. The second-order valence-electron chi connectivity index (χ2n) is 11.5. The molecule has 0 N–H and O–H groups in total. The quantitative estimate of drug-likeness (QED) is 0.200. The van der Waals surface area contributed by atoms with E-state index in [1.165, 1.54) is 67.3 Å². The fraction of sp³-hybridized carbons (Fsp3) is 0.171. The van der Waals surface area contributed by atoms with Gasteiger partial charge in [-0.3, -0.25) is 0 Å². The molecule has 2 atom stereocenters. The number of hydrogen-bond acceptors (Lipinski definition) is 0. The Bertz CT molecular complexity index is 2090. The molecule has 2 unspecified atom stereocenters. The highest BCUT2D eigenvalue weighted by atomic mass is 15.0. The van der Waals surface area contributed by atoms with Gasteiger partial charge in [0.2, 0.25) is 0 Å². The normalized spacial score (nSPS) is 16.2. The van der Waals surface area contributed by atoms with E-state index in [2.05, 4.69) is 138 Å². The van der Waals surface area contributed by atoms with Crippen LogP contribution in [0.1, 0.15) is 48.6 Å². The van der Waals surface area contributed by atoms with Gasteiger partial charge in [-0.05, 0) is 91.8 Å². The molecule has 2 aliphatic rings. The molecule has 2 heteroatoms. The van der Waals surface area contributed by atoms with Crippen LogP contribution in [-0.2, 0) is 0 Å². The number of rotatable bonds is 2. The molecule has 5 aromatic carbocycles. The lowest BCUT2D eigenvalue weighted by molar-refractivity contribution is 0.976. The molecule has 0 bridgehead atoms. The molecule has 0 spiro atoms. The first-order chi connectivity index (χ1) is 21.2. The molecule has 7 aromatic rings. The van der Waals surface area contributed by atoms with Crippen molar-refractivity contribution in [1.29, 1.82) is 0 Å². The van der Waals surface area contributed by atoms with Gasteiger partial charge in [-0.25, -0.2) is 0 Å². The van der Waals surface area contributed by atoms with Gasteiger partial charge in [-0.1, -0.05) is 104 Å². The summed E-state index contributed by atoms with van der Waals surface area (Å²) in [7, 11) is 0. The van der Waals surface area contributed by atoms with E-state index in [0.29, 0.717) is 11.8 Å². The maximum atomic E-state index is 2.48. The van der Waals surface area contributed by atoms with Crippen LogP contribution in [0.3, 0.4) is 0 Å². The zero-order valence-electron chi connectivity index (χ0n) is 25.5. The van der Waals surface area contributed by atoms with Crippen LogP contribution in [0.2, 0.25) is 0 Å². The maximum absolute atomic E-state index is 2.48. The van der Waals surface area contributed by atoms with E-state index in [1.807, 2.05) is 32.0 Å². The number of aryl methyl sites for hydroxylation is 2. The first-order valence-corrected chi connectivity index (χ1v) is 15.6. The van der Waals surface area contributed by atoms with Crippen LogP contribution in [0.25, 0.3) is 50.2 Å². The minimum Gasteiger partial charge on any atom is -0.310 e. The SMILES string of the molecule is CC.Cc1cccc(-n2c3ccccc3c3c4c5c(n(-c6ccccc6)c4ccc32)C=CC2CC52)c1.Cc1ccccc1. The van der Waals surface area contributed by atoms with E-state index in [4.69, 9.17) is 0 Å². The average Bonchev–Trinajstić information content (AvgIpc) is 3.66. The molecule has 212 valence electrons. The lowest BCUT2D eigenvalue weighted by atomic mass is 9.97. The van der Waals surface area contributed by atoms with Crippen molar-refractivity contribution in [3.63, 3.8) is 0 Å². The van der Waals surface area contributed by atoms with Gasteiger partial charge < -0.3 is 9.13 Å². The van der Waals surface area contributed by atoms with Crippen molar-refractivity contribution in [2.24, 2.45) is 5.92 Å². The first kappa shape index (κ1) is 27.0. The lowest BCUT2D eigenvalue weighted by Crippen LogP contribution is -1.99. The maximum Gasteiger partial charge on any atom is 0.0548 e. The second kappa shape index (κ2) is 11.1. The number of fused-ring (bicyclic) bond motifs is 9. The number of para-hydroxylation sites is 2. The van der Waals surface area contributed by atoms with Crippen molar-refractivity contribution in [1.82, 2.24) is 9.13 Å². The van der Waals surface area contributed by atoms with Gasteiger partial charge in [-0.2, -0.15) is 0 Å². The highest BCUT2D eigenvalue weighted by Gasteiger charge is 2.43. The summed E-state index contributed by atoms with van der Waals surface area (Å²) in [6, 6.07) is 43.6. The largest absolute Gasteiger partial charge is 0.310 e. The minimum absolute atomic E-state index is 0.638. The highest BCUT2D eigenvalue weighted by molar-refractivity contribution is 6.23. The third-order valence-corrected chi connectivity index (χ3v) is 8.77. The number of allylic oxidation sites excluding steroid dienone is 1. The van der Waals surface area contributed by atoms with E-state index in [-0.39, 0.29) is 0 Å². The predicted molar refractivity (Wildman–Crippen MR) is 185 cm³/mol. The van der Waals surface area contributed by atoms with Gasteiger partial charge in [0.1, 0.15) is 0 Å². The Hall–Kier alpha value is -4.82. The van der Waals surface area contributed by atoms with E-state index >= 15 is 0 Å². The van der Waals surface area contributed by atoms with E-state index < -0.39 is 0 Å². The van der Waals surface area contributed by atoms with Crippen LogP contribution in [-0.4, -0.2) is 9.13 Å². The molecule has 0 radical (unpaired) electrons.